The fraction of sp³-hybridized carbons (Fsp3) is 0.143. The molecule has 2 aromatic rings. The Balaban J connectivity index is 2.21. The van der Waals surface area contributed by atoms with Crippen LogP contribution in [0.1, 0.15) is 11.1 Å². The second kappa shape index (κ2) is 6.87. The van der Waals surface area contributed by atoms with Gasteiger partial charge in [-0.05, 0) is 35.4 Å². The van der Waals surface area contributed by atoms with Crippen LogP contribution in [0.3, 0.4) is 0 Å². The molecule has 0 radical (unpaired) electrons. The standard InChI is InChI=1S/C14H10BrClFNO3/c15-11-3-10(4-12(17)6-11)8-21-14-2-1-9(7-16)5-13(14)18(19)20/h1-6H,7-8H2. The lowest BCUT2D eigenvalue weighted by atomic mass is 10.2. The van der Waals surface area contributed by atoms with E-state index in [-0.39, 0.29) is 23.9 Å². The zero-order valence-corrected chi connectivity index (χ0v) is 13.0. The van der Waals surface area contributed by atoms with Crippen LogP contribution < -0.4 is 4.74 Å². The van der Waals surface area contributed by atoms with Crippen LogP contribution in [0.15, 0.2) is 40.9 Å². The molecule has 7 heteroatoms. The van der Waals surface area contributed by atoms with Crippen molar-refractivity contribution in [2.24, 2.45) is 0 Å². The Morgan fingerprint density at radius 3 is 2.62 bits per heavy atom. The topological polar surface area (TPSA) is 52.4 Å². The number of hydrogen-bond donors (Lipinski definition) is 0. The van der Waals surface area contributed by atoms with Gasteiger partial charge in [0.25, 0.3) is 0 Å². The molecule has 110 valence electrons. The molecular weight excluding hydrogens is 365 g/mol. The van der Waals surface area contributed by atoms with Gasteiger partial charge in [-0.1, -0.05) is 22.0 Å². The molecule has 4 nitrogen and oxygen atoms in total. The molecule has 0 saturated heterocycles. The highest BCUT2D eigenvalue weighted by molar-refractivity contribution is 9.10. The van der Waals surface area contributed by atoms with E-state index in [9.17, 15) is 14.5 Å². The number of nitro benzene ring substituents is 1. The summed E-state index contributed by atoms with van der Waals surface area (Å²) < 4.78 is 19.3. The second-order valence-electron chi connectivity index (χ2n) is 4.26. The van der Waals surface area contributed by atoms with Gasteiger partial charge in [0.05, 0.1) is 4.92 Å². The van der Waals surface area contributed by atoms with Crippen LogP contribution in [-0.2, 0) is 12.5 Å². The smallest absolute Gasteiger partial charge is 0.311 e. The number of hydrogen-bond acceptors (Lipinski definition) is 3. The van der Waals surface area contributed by atoms with Crippen molar-refractivity contribution in [2.75, 3.05) is 0 Å². The highest BCUT2D eigenvalue weighted by Crippen LogP contribution is 2.29. The van der Waals surface area contributed by atoms with Crippen molar-refractivity contribution in [3.05, 3.63) is 67.9 Å². The lowest BCUT2D eigenvalue weighted by Crippen LogP contribution is -2.00. The number of nitrogens with zero attached hydrogens (tertiary/aromatic N) is 1. The molecule has 0 unspecified atom stereocenters. The maximum absolute atomic E-state index is 13.3. The molecule has 0 aliphatic heterocycles. The summed E-state index contributed by atoms with van der Waals surface area (Å²) in [5.74, 6) is -0.109. The number of benzene rings is 2. The Kier molecular flexibility index (Phi) is 5.14. The van der Waals surface area contributed by atoms with Gasteiger partial charge in [0.1, 0.15) is 12.4 Å². The van der Waals surface area contributed by atoms with Crippen LogP contribution in [0.2, 0.25) is 0 Å². The first-order chi connectivity index (χ1) is 9.99. The largest absolute Gasteiger partial charge is 0.482 e. The summed E-state index contributed by atoms with van der Waals surface area (Å²) in [4.78, 5) is 10.5. The van der Waals surface area contributed by atoms with Gasteiger partial charge in [-0.25, -0.2) is 4.39 Å². The number of rotatable bonds is 5. The minimum Gasteiger partial charge on any atom is -0.482 e. The summed E-state index contributed by atoms with van der Waals surface area (Å²) in [7, 11) is 0. The van der Waals surface area contributed by atoms with Crippen LogP contribution in [0.25, 0.3) is 0 Å². The van der Waals surface area contributed by atoms with Gasteiger partial charge in [0.2, 0.25) is 0 Å². The molecule has 0 heterocycles. The predicted octanol–water partition coefficient (Wildman–Crippen LogP) is 4.81. The highest BCUT2D eigenvalue weighted by Gasteiger charge is 2.16. The summed E-state index contributed by atoms with van der Waals surface area (Å²) >= 11 is 8.83. The zero-order valence-electron chi connectivity index (χ0n) is 10.7. The Labute approximate surface area is 133 Å². The zero-order chi connectivity index (χ0) is 15.4. The summed E-state index contributed by atoms with van der Waals surface area (Å²) in [6.07, 6.45) is 0. The van der Waals surface area contributed by atoms with Crippen molar-refractivity contribution in [1.29, 1.82) is 0 Å². The molecule has 0 atom stereocenters. The van der Waals surface area contributed by atoms with Gasteiger partial charge in [-0.15, -0.1) is 11.6 Å². The van der Waals surface area contributed by atoms with E-state index in [2.05, 4.69) is 15.9 Å². The molecular formula is C14H10BrClFNO3. The predicted molar refractivity (Wildman–Crippen MR) is 81.1 cm³/mol. The molecule has 0 fully saturated rings. The third-order valence-electron chi connectivity index (χ3n) is 2.69. The van der Waals surface area contributed by atoms with Crippen LogP contribution >= 0.6 is 27.5 Å². The number of halogens is 3. The van der Waals surface area contributed by atoms with Crippen molar-refractivity contribution in [1.82, 2.24) is 0 Å². The fourth-order valence-electron chi connectivity index (χ4n) is 1.77. The van der Waals surface area contributed by atoms with Gasteiger partial charge >= 0.3 is 5.69 Å². The van der Waals surface area contributed by atoms with Gasteiger partial charge < -0.3 is 4.74 Å². The van der Waals surface area contributed by atoms with E-state index < -0.39 is 10.7 Å². The van der Waals surface area contributed by atoms with E-state index >= 15 is 0 Å². The van der Waals surface area contributed by atoms with Gasteiger partial charge in [0, 0.05) is 16.4 Å². The average Bonchev–Trinajstić information content (AvgIpc) is 2.43. The minimum atomic E-state index is -0.535. The van der Waals surface area contributed by atoms with E-state index in [0.717, 1.165) is 0 Å². The van der Waals surface area contributed by atoms with Crippen LogP contribution in [-0.4, -0.2) is 4.92 Å². The van der Waals surface area contributed by atoms with Crippen molar-refractivity contribution in [3.8, 4) is 5.75 Å². The summed E-state index contributed by atoms with van der Waals surface area (Å²) in [6.45, 7) is 0.0252. The van der Waals surface area contributed by atoms with E-state index in [1.165, 1.54) is 24.3 Å². The lowest BCUT2D eigenvalue weighted by Gasteiger charge is -2.08. The number of ether oxygens (including phenoxy) is 1. The molecule has 0 aromatic heterocycles. The third kappa shape index (κ3) is 4.15. The van der Waals surface area contributed by atoms with Crippen LogP contribution in [0.4, 0.5) is 10.1 Å². The number of alkyl halides is 1. The second-order valence-corrected chi connectivity index (χ2v) is 5.44. The van der Waals surface area contributed by atoms with Gasteiger partial charge in [0.15, 0.2) is 5.75 Å². The van der Waals surface area contributed by atoms with Crippen LogP contribution in [0, 0.1) is 15.9 Å². The summed E-state index contributed by atoms with van der Waals surface area (Å²) in [6, 6.07) is 8.82. The molecule has 0 bridgehead atoms. The Hall–Kier alpha value is -1.66. The molecule has 0 spiro atoms. The average molecular weight is 375 g/mol. The molecule has 0 N–H and O–H groups in total. The van der Waals surface area contributed by atoms with E-state index in [4.69, 9.17) is 16.3 Å². The first-order valence-corrected chi connectivity index (χ1v) is 7.23. The van der Waals surface area contributed by atoms with E-state index in [1.54, 1.807) is 12.1 Å². The summed E-state index contributed by atoms with van der Waals surface area (Å²) in [5, 5.41) is 11.0. The normalized spacial score (nSPS) is 10.4. The maximum Gasteiger partial charge on any atom is 0.311 e. The molecule has 0 aliphatic carbocycles. The molecule has 0 saturated carbocycles. The van der Waals surface area contributed by atoms with E-state index in [1.807, 2.05) is 0 Å². The molecule has 2 rings (SSSR count). The van der Waals surface area contributed by atoms with Crippen molar-refractivity contribution < 1.29 is 14.1 Å². The lowest BCUT2D eigenvalue weighted by molar-refractivity contribution is -0.386. The molecule has 21 heavy (non-hydrogen) atoms. The first kappa shape index (κ1) is 15.7. The van der Waals surface area contributed by atoms with Crippen molar-refractivity contribution >= 4 is 33.2 Å². The maximum atomic E-state index is 13.3. The quantitative estimate of drug-likeness (QED) is 0.428. The molecule has 0 aliphatic rings. The fourth-order valence-corrected chi connectivity index (χ4v) is 2.45. The van der Waals surface area contributed by atoms with Crippen LogP contribution in [0.5, 0.6) is 5.75 Å². The highest BCUT2D eigenvalue weighted by atomic mass is 79.9. The molecule has 2 aromatic carbocycles. The summed E-state index contributed by atoms with van der Waals surface area (Å²) in [5.41, 5.74) is 1.03. The van der Waals surface area contributed by atoms with Gasteiger partial charge in [-0.2, -0.15) is 0 Å². The Bertz CT molecular complexity index is 661. The SMILES string of the molecule is O=[N+]([O-])c1cc(CCl)ccc1OCc1cc(F)cc(Br)c1. The minimum absolute atomic E-state index is 0.0252. The Morgan fingerprint density at radius 2 is 2.00 bits per heavy atom. The Morgan fingerprint density at radius 1 is 1.24 bits per heavy atom. The molecule has 0 amide bonds. The van der Waals surface area contributed by atoms with Gasteiger partial charge in [-0.3, -0.25) is 10.1 Å². The third-order valence-corrected chi connectivity index (χ3v) is 3.46. The van der Waals surface area contributed by atoms with Crippen molar-refractivity contribution in [2.45, 2.75) is 12.5 Å². The number of nitro groups is 1. The van der Waals surface area contributed by atoms with Crippen molar-refractivity contribution in [3.63, 3.8) is 0 Å². The monoisotopic (exact) mass is 373 g/mol. The van der Waals surface area contributed by atoms with E-state index in [0.29, 0.717) is 15.6 Å². The first-order valence-electron chi connectivity index (χ1n) is 5.90.